The Labute approximate surface area is 126 Å². The van der Waals surface area contributed by atoms with Gasteiger partial charge in [0.25, 0.3) is 0 Å². The Balaban J connectivity index is 0.000000276. The second kappa shape index (κ2) is 8.96. The molecule has 3 nitrogen and oxygen atoms in total. The zero-order valence-electron chi connectivity index (χ0n) is 12.5. The summed E-state index contributed by atoms with van der Waals surface area (Å²) in [6.45, 7) is 6.55. The molecule has 20 heavy (non-hydrogen) atoms. The van der Waals surface area contributed by atoms with Crippen LogP contribution < -0.4 is 0 Å². The second-order valence-corrected chi connectivity index (χ2v) is 6.05. The smallest absolute Gasteiger partial charge is 0.404 e. The van der Waals surface area contributed by atoms with Crippen molar-refractivity contribution in [3.63, 3.8) is 0 Å². The average molecular weight is 298 g/mol. The average Bonchev–Trinajstić information content (AvgIpc) is 2.40. The van der Waals surface area contributed by atoms with Crippen LogP contribution in [0.2, 0.25) is 0 Å². The molecule has 0 saturated heterocycles. The molecular weight excluding hydrogens is 274 g/mol. The molecule has 0 aliphatic heterocycles. The molecular formula is C16H24ClNO2. The molecule has 3 atom stereocenters. The summed E-state index contributed by atoms with van der Waals surface area (Å²) in [6.07, 6.45) is 6.87. The van der Waals surface area contributed by atoms with Crippen LogP contribution in [0.15, 0.2) is 30.6 Å². The van der Waals surface area contributed by atoms with E-state index in [1.807, 2.05) is 18.2 Å². The zero-order chi connectivity index (χ0) is 15.0. The minimum absolute atomic E-state index is 0.0312. The van der Waals surface area contributed by atoms with Gasteiger partial charge in [-0.2, -0.15) is 0 Å². The third-order valence-corrected chi connectivity index (χ3v) is 3.86. The molecule has 0 spiro atoms. The molecule has 1 fully saturated rings. The number of halogens is 1. The molecule has 0 amide bonds. The summed E-state index contributed by atoms with van der Waals surface area (Å²) in [7, 11) is 0. The summed E-state index contributed by atoms with van der Waals surface area (Å²) in [5.41, 5.74) is -0.658. The number of hydrogen-bond donors (Lipinski definition) is 0. The lowest BCUT2D eigenvalue weighted by molar-refractivity contribution is 0.0179. The summed E-state index contributed by atoms with van der Waals surface area (Å²) >= 11 is 5.27. The number of pyridine rings is 1. The van der Waals surface area contributed by atoms with E-state index in [1.165, 1.54) is 6.42 Å². The summed E-state index contributed by atoms with van der Waals surface area (Å²) in [4.78, 5) is 14.5. The number of nitrogens with zero attached hydrogens (tertiary/aromatic N) is 1. The highest BCUT2D eigenvalue weighted by Crippen LogP contribution is 2.35. The maximum absolute atomic E-state index is 10.7. The van der Waals surface area contributed by atoms with Crippen molar-refractivity contribution in [2.24, 2.45) is 17.8 Å². The Morgan fingerprint density at radius 2 is 1.90 bits per heavy atom. The highest BCUT2D eigenvalue weighted by Gasteiger charge is 2.32. The van der Waals surface area contributed by atoms with Crippen molar-refractivity contribution in [2.45, 2.75) is 46.1 Å². The van der Waals surface area contributed by atoms with Crippen molar-refractivity contribution in [1.82, 2.24) is 4.98 Å². The first-order valence-corrected chi connectivity index (χ1v) is 7.59. The lowest BCUT2D eigenvalue weighted by atomic mass is 9.75. The van der Waals surface area contributed by atoms with E-state index >= 15 is 0 Å². The SMILES string of the molecule is CC1CCC(C(C)C)C(OC(=O)Cl)C1.c1ccncc1. The van der Waals surface area contributed by atoms with E-state index in [0.717, 1.165) is 12.8 Å². The molecule has 1 aliphatic rings. The van der Waals surface area contributed by atoms with Crippen LogP contribution in [0.4, 0.5) is 4.79 Å². The van der Waals surface area contributed by atoms with Gasteiger partial charge >= 0.3 is 5.43 Å². The second-order valence-electron chi connectivity index (χ2n) is 5.74. The van der Waals surface area contributed by atoms with E-state index < -0.39 is 5.43 Å². The lowest BCUT2D eigenvalue weighted by Crippen LogP contribution is -2.34. The molecule has 0 N–H and O–H groups in total. The molecule has 0 bridgehead atoms. The van der Waals surface area contributed by atoms with Crippen LogP contribution in [0.25, 0.3) is 0 Å². The van der Waals surface area contributed by atoms with Gasteiger partial charge < -0.3 is 4.74 Å². The largest absolute Gasteiger partial charge is 0.450 e. The summed E-state index contributed by atoms with van der Waals surface area (Å²) in [6, 6.07) is 5.72. The molecule has 2 rings (SSSR count). The van der Waals surface area contributed by atoms with Gasteiger partial charge in [0, 0.05) is 24.0 Å². The fraction of sp³-hybridized carbons (Fsp3) is 0.625. The van der Waals surface area contributed by atoms with Crippen LogP contribution in [0.5, 0.6) is 0 Å². The maximum atomic E-state index is 10.7. The van der Waals surface area contributed by atoms with Crippen molar-refractivity contribution in [3.8, 4) is 0 Å². The predicted molar refractivity (Wildman–Crippen MR) is 81.7 cm³/mol. The van der Waals surface area contributed by atoms with Gasteiger partial charge in [-0.3, -0.25) is 4.98 Å². The summed E-state index contributed by atoms with van der Waals surface area (Å²) in [5, 5.41) is 0. The van der Waals surface area contributed by atoms with E-state index in [1.54, 1.807) is 12.4 Å². The molecule has 4 heteroatoms. The van der Waals surface area contributed by atoms with Crippen molar-refractivity contribution < 1.29 is 9.53 Å². The van der Waals surface area contributed by atoms with Gasteiger partial charge in [-0.1, -0.05) is 33.3 Å². The van der Waals surface area contributed by atoms with Crippen LogP contribution in [0.3, 0.4) is 0 Å². The quantitative estimate of drug-likeness (QED) is 0.729. The molecule has 112 valence electrons. The normalized spacial score (nSPS) is 25.6. The minimum Gasteiger partial charge on any atom is -0.450 e. The number of carbonyl (C=O) groups excluding carboxylic acids is 1. The van der Waals surface area contributed by atoms with Crippen molar-refractivity contribution in [2.75, 3.05) is 0 Å². The summed E-state index contributed by atoms with van der Waals surface area (Å²) < 4.78 is 5.16. The molecule has 1 aromatic heterocycles. The van der Waals surface area contributed by atoms with Gasteiger partial charge in [0.15, 0.2) is 0 Å². The molecule has 1 heterocycles. The maximum Gasteiger partial charge on any atom is 0.404 e. The van der Waals surface area contributed by atoms with Gasteiger partial charge in [-0.15, -0.1) is 0 Å². The number of aromatic nitrogens is 1. The topological polar surface area (TPSA) is 39.2 Å². The number of ether oxygens (including phenoxy) is 1. The van der Waals surface area contributed by atoms with Gasteiger partial charge in [0.05, 0.1) is 0 Å². The van der Waals surface area contributed by atoms with Crippen LogP contribution in [-0.4, -0.2) is 16.5 Å². The van der Waals surface area contributed by atoms with Crippen molar-refractivity contribution in [1.29, 1.82) is 0 Å². The highest BCUT2D eigenvalue weighted by atomic mass is 35.5. The fourth-order valence-corrected chi connectivity index (χ4v) is 2.80. The van der Waals surface area contributed by atoms with Gasteiger partial charge in [0.1, 0.15) is 6.10 Å². The fourth-order valence-electron chi connectivity index (χ4n) is 2.68. The Morgan fingerprint density at radius 3 is 2.30 bits per heavy atom. The first-order valence-electron chi connectivity index (χ1n) is 7.21. The number of hydrogen-bond acceptors (Lipinski definition) is 3. The van der Waals surface area contributed by atoms with Gasteiger partial charge in [-0.25, -0.2) is 4.79 Å². The molecule has 1 aliphatic carbocycles. The third kappa shape index (κ3) is 6.38. The van der Waals surface area contributed by atoms with E-state index in [-0.39, 0.29) is 6.10 Å². The van der Waals surface area contributed by atoms with Gasteiger partial charge in [0.2, 0.25) is 0 Å². The molecule has 0 aromatic carbocycles. The Kier molecular flexibility index (Phi) is 7.60. The van der Waals surface area contributed by atoms with Crippen LogP contribution in [0, 0.1) is 17.8 Å². The van der Waals surface area contributed by atoms with Gasteiger partial charge in [-0.05, 0) is 42.7 Å². The van der Waals surface area contributed by atoms with E-state index in [2.05, 4.69) is 25.8 Å². The summed E-state index contributed by atoms with van der Waals surface area (Å²) in [5.74, 6) is 1.68. The van der Waals surface area contributed by atoms with Crippen molar-refractivity contribution in [3.05, 3.63) is 30.6 Å². The minimum atomic E-state index is -0.658. The standard InChI is InChI=1S/C11H19ClO2.C5H5N/c1-7(2)9-5-4-8(3)6-10(9)14-11(12)13;1-2-4-6-5-3-1/h7-10H,4-6H2,1-3H3;1-5H. The van der Waals surface area contributed by atoms with E-state index in [9.17, 15) is 4.79 Å². The molecule has 1 aromatic rings. The molecule has 3 unspecified atom stereocenters. The third-order valence-electron chi connectivity index (χ3n) is 3.77. The number of carbonyl (C=O) groups is 1. The monoisotopic (exact) mass is 297 g/mol. The molecule has 1 saturated carbocycles. The Bertz CT molecular complexity index is 357. The first-order chi connectivity index (χ1) is 9.50. The predicted octanol–water partition coefficient (Wildman–Crippen LogP) is 4.90. The van der Waals surface area contributed by atoms with E-state index in [4.69, 9.17) is 16.3 Å². The zero-order valence-corrected chi connectivity index (χ0v) is 13.2. The molecule has 0 radical (unpaired) electrons. The van der Waals surface area contributed by atoms with E-state index in [0.29, 0.717) is 17.8 Å². The Hall–Kier alpha value is -1.09. The first kappa shape index (κ1) is 17.0. The number of rotatable bonds is 2. The van der Waals surface area contributed by atoms with Crippen LogP contribution in [-0.2, 0) is 4.74 Å². The lowest BCUT2D eigenvalue weighted by Gasteiger charge is -2.36. The van der Waals surface area contributed by atoms with Crippen LogP contribution in [0.1, 0.15) is 40.0 Å². The van der Waals surface area contributed by atoms with Crippen molar-refractivity contribution >= 4 is 17.0 Å². The Morgan fingerprint density at radius 1 is 1.25 bits per heavy atom. The van der Waals surface area contributed by atoms with Crippen LogP contribution >= 0.6 is 11.6 Å². The highest BCUT2D eigenvalue weighted by molar-refractivity contribution is 6.61.